The standard InChI is InChI=1S/C62H110O6/c1-4-7-10-13-16-19-22-24-26-27-28-29-30-31-32-33-34-35-37-38-40-43-46-49-52-55-61(64)67-58-59(57-66-60(63)54-51-48-45-42-21-18-15-12-9-6-3)68-62(65)56-53-50-47-44-41-39-36-25-23-20-17-14-11-8-5-2/h7,10,16,19,24-26,28-29,36,59H,4-6,8-9,11-15,17-18,20-23,27,30-35,37-58H2,1-3H3/b10-7-,19-16-,26-24-,29-28-,36-25-. The quantitative estimate of drug-likeness (QED) is 0.0262. The van der Waals surface area contributed by atoms with Crippen molar-refractivity contribution < 1.29 is 28.6 Å². The van der Waals surface area contributed by atoms with E-state index in [9.17, 15) is 14.4 Å². The lowest BCUT2D eigenvalue weighted by Gasteiger charge is -2.18. The highest BCUT2D eigenvalue weighted by Gasteiger charge is 2.19. The van der Waals surface area contributed by atoms with E-state index in [1.165, 1.54) is 167 Å². The van der Waals surface area contributed by atoms with Gasteiger partial charge in [0.1, 0.15) is 13.2 Å². The van der Waals surface area contributed by atoms with Crippen molar-refractivity contribution in [3.63, 3.8) is 0 Å². The number of hydrogen-bond acceptors (Lipinski definition) is 6. The third kappa shape index (κ3) is 54.1. The first-order valence-electron chi connectivity index (χ1n) is 29.3. The molecule has 68 heavy (non-hydrogen) atoms. The van der Waals surface area contributed by atoms with Crippen LogP contribution in [0.3, 0.4) is 0 Å². The van der Waals surface area contributed by atoms with Crippen LogP contribution in [0.25, 0.3) is 0 Å². The minimum atomic E-state index is -0.776. The Hall–Kier alpha value is -2.89. The van der Waals surface area contributed by atoms with Crippen LogP contribution in [0.2, 0.25) is 0 Å². The lowest BCUT2D eigenvalue weighted by Crippen LogP contribution is -2.30. The molecule has 0 aliphatic heterocycles. The summed E-state index contributed by atoms with van der Waals surface area (Å²) in [6.07, 6.45) is 70.8. The summed E-state index contributed by atoms with van der Waals surface area (Å²) in [5.74, 6) is -0.875. The summed E-state index contributed by atoms with van der Waals surface area (Å²) in [6.45, 7) is 6.53. The average Bonchev–Trinajstić information content (AvgIpc) is 3.34. The Bertz CT molecular complexity index is 1230. The van der Waals surface area contributed by atoms with E-state index < -0.39 is 6.10 Å². The minimum Gasteiger partial charge on any atom is -0.462 e. The molecule has 0 N–H and O–H groups in total. The Kier molecular flexibility index (Phi) is 54.3. The second-order valence-corrected chi connectivity index (χ2v) is 19.5. The molecular formula is C62H110O6. The Labute approximate surface area is 421 Å². The van der Waals surface area contributed by atoms with Crippen molar-refractivity contribution in [3.8, 4) is 0 Å². The number of esters is 3. The van der Waals surface area contributed by atoms with Crippen molar-refractivity contribution in [3.05, 3.63) is 60.8 Å². The first kappa shape index (κ1) is 65.1. The monoisotopic (exact) mass is 951 g/mol. The number of carbonyl (C=O) groups excluding carboxylic acids is 3. The predicted octanol–water partition coefficient (Wildman–Crippen LogP) is 19.6. The van der Waals surface area contributed by atoms with Crippen molar-refractivity contribution in [2.75, 3.05) is 13.2 Å². The van der Waals surface area contributed by atoms with E-state index in [1.54, 1.807) is 0 Å². The van der Waals surface area contributed by atoms with Gasteiger partial charge in [-0.1, -0.05) is 255 Å². The number of carbonyl (C=O) groups is 3. The molecule has 0 spiro atoms. The highest BCUT2D eigenvalue weighted by Crippen LogP contribution is 2.16. The molecule has 0 bridgehead atoms. The number of ether oxygens (including phenoxy) is 3. The van der Waals surface area contributed by atoms with Gasteiger partial charge in [-0.05, 0) is 83.5 Å². The summed E-state index contributed by atoms with van der Waals surface area (Å²) < 4.78 is 16.8. The van der Waals surface area contributed by atoms with Crippen molar-refractivity contribution in [2.24, 2.45) is 0 Å². The maximum absolute atomic E-state index is 12.8. The SMILES string of the molecule is CC/C=C\C/C=C\C/C=C\C/C=C\CCCCCCCCCCCCCCC(=O)OCC(COC(=O)CCCCCCCCCCCC)OC(=O)CCCCCCC/C=C\CCCCCCCC. The number of unbranched alkanes of at least 4 members (excludes halogenated alkanes) is 32. The molecule has 0 heterocycles. The van der Waals surface area contributed by atoms with Crippen LogP contribution in [0.5, 0.6) is 0 Å². The van der Waals surface area contributed by atoms with E-state index in [0.29, 0.717) is 19.3 Å². The van der Waals surface area contributed by atoms with E-state index in [4.69, 9.17) is 14.2 Å². The van der Waals surface area contributed by atoms with Crippen LogP contribution in [-0.4, -0.2) is 37.2 Å². The Morgan fingerprint density at radius 2 is 0.574 bits per heavy atom. The van der Waals surface area contributed by atoms with Gasteiger partial charge < -0.3 is 14.2 Å². The van der Waals surface area contributed by atoms with Crippen LogP contribution in [0.4, 0.5) is 0 Å². The van der Waals surface area contributed by atoms with Crippen molar-refractivity contribution in [1.82, 2.24) is 0 Å². The minimum absolute atomic E-state index is 0.0747. The zero-order valence-electron chi connectivity index (χ0n) is 45.1. The zero-order chi connectivity index (χ0) is 49.3. The highest BCUT2D eigenvalue weighted by atomic mass is 16.6. The fourth-order valence-electron chi connectivity index (χ4n) is 8.37. The topological polar surface area (TPSA) is 78.9 Å². The smallest absolute Gasteiger partial charge is 0.306 e. The molecule has 0 aromatic heterocycles. The van der Waals surface area contributed by atoms with E-state index in [-0.39, 0.29) is 31.1 Å². The number of rotatable bonds is 53. The molecular weight excluding hydrogens is 841 g/mol. The molecule has 0 aromatic rings. The lowest BCUT2D eigenvalue weighted by molar-refractivity contribution is -0.167. The second-order valence-electron chi connectivity index (χ2n) is 19.5. The number of allylic oxidation sites excluding steroid dienone is 10. The van der Waals surface area contributed by atoms with Gasteiger partial charge in [-0.3, -0.25) is 14.4 Å². The molecule has 0 saturated carbocycles. The van der Waals surface area contributed by atoms with Crippen LogP contribution >= 0.6 is 0 Å². The van der Waals surface area contributed by atoms with Gasteiger partial charge in [0.05, 0.1) is 0 Å². The maximum atomic E-state index is 12.8. The molecule has 0 radical (unpaired) electrons. The average molecular weight is 952 g/mol. The summed E-state index contributed by atoms with van der Waals surface area (Å²) in [5.41, 5.74) is 0. The number of hydrogen-bond donors (Lipinski definition) is 0. The molecule has 394 valence electrons. The van der Waals surface area contributed by atoms with Gasteiger partial charge in [0.25, 0.3) is 0 Å². The molecule has 0 saturated heterocycles. The third-order valence-electron chi connectivity index (χ3n) is 12.8. The first-order valence-corrected chi connectivity index (χ1v) is 29.3. The summed E-state index contributed by atoms with van der Waals surface area (Å²) in [5, 5.41) is 0. The zero-order valence-corrected chi connectivity index (χ0v) is 45.1. The normalized spacial score (nSPS) is 12.5. The Balaban J connectivity index is 4.23. The second kappa shape index (κ2) is 56.7. The molecule has 6 heteroatoms. The molecule has 0 rings (SSSR count). The van der Waals surface area contributed by atoms with E-state index in [1.807, 2.05) is 0 Å². The van der Waals surface area contributed by atoms with E-state index in [2.05, 4.69) is 81.5 Å². The largest absolute Gasteiger partial charge is 0.462 e. The van der Waals surface area contributed by atoms with Gasteiger partial charge in [-0.15, -0.1) is 0 Å². The van der Waals surface area contributed by atoms with Gasteiger partial charge in [-0.2, -0.15) is 0 Å². The fourth-order valence-corrected chi connectivity index (χ4v) is 8.37. The highest BCUT2D eigenvalue weighted by molar-refractivity contribution is 5.71. The van der Waals surface area contributed by atoms with Gasteiger partial charge in [-0.25, -0.2) is 0 Å². The van der Waals surface area contributed by atoms with Gasteiger partial charge in [0.2, 0.25) is 0 Å². The Morgan fingerprint density at radius 1 is 0.309 bits per heavy atom. The molecule has 0 aliphatic rings. The molecule has 0 aliphatic carbocycles. The van der Waals surface area contributed by atoms with Gasteiger partial charge in [0, 0.05) is 19.3 Å². The molecule has 0 aromatic carbocycles. The summed E-state index contributed by atoms with van der Waals surface area (Å²) in [7, 11) is 0. The first-order chi connectivity index (χ1) is 33.5. The third-order valence-corrected chi connectivity index (χ3v) is 12.8. The van der Waals surface area contributed by atoms with Crippen molar-refractivity contribution >= 4 is 17.9 Å². The Morgan fingerprint density at radius 3 is 0.912 bits per heavy atom. The van der Waals surface area contributed by atoms with Gasteiger partial charge in [0.15, 0.2) is 6.10 Å². The van der Waals surface area contributed by atoms with E-state index in [0.717, 1.165) is 89.9 Å². The summed E-state index contributed by atoms with van der Waals surface area (Å²) in [6, 6.07) is 0. The molecule has 1 atom stereocenters. The molecule has 1 unspecified atom stereocenters. The summed E-state index contributed by atoms with van der Waals surface area (Å²) in [4.78, 5) is 38.1. The van der Waals surface area contributed by atoms with Crippen LogP contribution in [0, 0.1) is 0 Å². The van der Waals surface area contributed by atoms with E-state index >= 15 is 0 Å². The predicted molar refractivity (Wildman–Crippen MR) is 293 cm³/mol. The van der Waals surface area contributed by atoms with Gasteiger partial charge >= 0.3 is 17.9 Å². The van der Waals surface area contributed by atoms with Crippen molar-refractivity contribution in [2.45, 2.75) is 303 Å². The van der Waals surface area contributed by atoms with Crippen LogP contribution in [0.15, 0.2) is 60.8 Å². The van der Waals surface area contributed by atoms with Crippen molar-refractivity contribution in [1.29, 1.82) is 0 Å². The maximum Gasteiger partial charge on any atom is 0.306 e. The lowest BCUT2D eigenvalue weighted by atomic mass is 10.0. The van der Waals surface area contributed by atoms with Crippen LogP contribution < -0.4 is 0 Å². The molecule has 6 nitrogen and oxygen atoms in total. The summed E-state index contributed by atoms with van der Waals surface area (Å²) >= 11 is 0. The molecule has 0 amide bonds. The molecule has 0 fully saturated rings. The van der Waals surface area contributed by atoms with Crippen LogP contribution in [-0.2, 0) is 28.6 Å². The fraction of sp³-hybridized carbons (Fsp3) is 0.790. The van der Waals surface area contributed by atoms with Crippen LogP contribution in [0.1, 0.15) is 297 Å².